The third-order valence-electron chi connectivity index (χ3n) is 1.04. The van der Waals surface area contributed by atoms with Crippen LogP contribution >= 0.6 is 22.9 Å². The number of carbonyl (C=O) groups is 1. The monoisotopic (exact) mass is 210 g/mol. The molecule has 0 spiro atoms. The Labute approximate surface area is 101 Å². The normalized spacial score (nSPS) is 9.75. The number of hydrogen-bond acceptors (Lipinski definition) is 3. The van der Waals surface area contributed by atoms with Crippen LogP contribution in [0.1, 0.15) is 9.67 Å². The predicted octanol–water partition coefficient (Wildman–Crippen LogP) is -1.54. The number of allylic oxidation sites excluding steroid dienone is 1. The molecule has 1 rings (SSSR count). The van der Waals surface area contributed by atoms with Gasteiger partial charge in [0, 0.05) is 0 Å². The fourth-order valence-corrected chi connectivity index (χ4v) is 1.55. The van der Waals surface area contributed by atoms with Crippen molar-refractivity contribution in [3.05, 3.63) is 33.7 Å². The Morgan fingerprint density at radius 1 is 1.58 bits per heavy atom. The first-order valence-corrected chi connectivity index (χ1v) is 4.01. The molecule has 0 aliphatic carbocycles. The molecule has 0 atom stereocenters. The molecule has 0 aliphatic heterocycles. The van der Waals surface area contributed by atoms with Gasteiger partial charge in [-0.15, -0.1) is 17.6 Å². The molecular weight excluding hydrogens is 207 g/mol. The first-order chi connectivity index (χ1) is 5.24. The van der Waals surface area contributed by atoms with Gasteiger partial charge in [0.05, 0.1) is 9.21 Å². The predicted molar refractivity (Wildman–Crippen MR) is 42.8 cm³/mol. The van der Waals surface area contributed by atoms with E-state index in [0.29, 0.717) is 15.5 Å². The topological polar surface area (TPSA) is 40.1 Å². The minimum absolute atomic E-state index is 0. The van der Waals surface area contributed by atoms with Crippen molar-refractivity contribution in [2.24, 2.45) is 0 Å². The van der Waals surface area contributed by atoms with E-state index in [-0.39, 0.29) is 35.3 Å². The zero-order chi connectivity index (χ0) is 8.27. The van der Waals surface area contributed by atoms with Crippen molar-refractivity contribution < 1.29 is 39.5 Å². The SMILES string of the molecule is O=C(C=C[O-])c1ccc(Cl)s1.[Na+]. The summed E-state index contributed by atoms with van der Waals surface area (Å²) in [6.45, 7) is 0. The van der Waals surface area contributed by atoms with Crippen molar-refractivity contribution in [3.63, 3.8) is 0 Å². The van der Waals surface area contributed by atoms with Crippen LogP contribution in [-0.4, -0.2) is 5.78 Å². The van der Waals surface area contributed by atoms with Crippen molar-refractivity contribution in [1.29, 1.82) is 0 Å². The van der Waals surface area contributed by atoms with Gasteiger partial charge >= 0.3 is 29.6 Å². The number of rotatable bonds is 2. The van der Waals surface area contributed by atoms with Crippen LogP contribution in [0, 0.1) is 0 Å². The molecule has 12 heavy (non-hydrogen) atoms. The van der Waals surface area contributed by atoms with Gasteiger partial charge in [0.2, 0.25) is 0 Å². The Morgan fingerprint density at radius 2 is 2.25 bits per heavy atom. The van der Waals surface area contributed by atoms with Gasteiger partial charge in [0.15, 0.2) is 5.78 Å². The molecule has 0 fully saturated rings. The van der Waals surface area contributed by atoms with Crippen LogP contribution in [0.2, 0.25) is 4.34 Å². The van der Waals surface area contributed by atoms with Gasteiger partial charge in [0.1, 0.15) is 0 Å². The molecule has 1 aromatic heterocycles. The van der Waals surface area contributed by atoms with Gasteiger partial charge in [-0.05, 0) is 18.2 Å². The zero-order valence-electron chi connectivity index (χ0n) is 6.41. The average Bonchev–Trinajstić information content (AvgIpc) is 2.36. The van der Waals surface area contributed by atoms with Crippen LogP contribution in [0.25, 0.3) is 0 Å². The van der Waals surface area contributed by atoms with E-state index in [1.54, 1.807) is 12.1 Å². The molecule has 5 heteroatoms. The fourth-order valence-electron chi connectivity index (χ4n) is 0.591. The van der Waals surface area contributed by atoms with Gasteiger partial charge in [-0.1, -0.05) is 11.6 Å². The maximum atomic E-state index is 10.9. The third kappa shape index (κ3) is 3.29. The van der Waals surface area contributed by atoms with E-state index >= 15 is 0 Å². The van der Waals surface area contributed by atoms with E-state index in [1.165, 1.54) is 0 Å². The number of ketones is 1. The number of carbonyl (C=O) groups excluding carboxylic acids is 1. The number of hydrogen-bond donors (Lipinski definition) is 0. The fraction of sp³-hybridized carbons (Fsp3) is 0. The summed E-state index contributed by atoms with van der Waals surface area (Å²) in [5.74, 6) is -0.295. The molecule has 0 bridgehead atoms. The second-order valence-electron chi connectivity index (χ2n) is 1.77. The van der Waals surface area contributed by atoms with Gasteiger partial charge in [-0.3, -0.25) is 4.79 Å². The molecule has 2 nitrogen and oxygen atoms in total. The first-order valence-electron chi connectivity index (χ1n) is 2.82. The molecule has 0 amide bonds. The van der Waals surface area contributed by atoms with Crippen molar-refractivity contribution in [2.75, 3.05) is 0 Å². The molecule has 0 radical (unpaired) electrons. The first kappa shape index (κ1) is 12.2. The molecule has 58 valence electrons. The Morgan fingerprint density at radius 3 is 2.67 bits per heavy atom. The van der Waals surface area contributed by atoms with Crippen LogP contribution in [-0.2, 0) is 0 Å². The van der Waals surface area contributed by atoms with E-state index in [2.05, 4.69) is 0 Å². The smallest absolute Gasteiger partial charge is 0.878 e. The van der Waals surface area contributed by atoms with E-state index in [1.807, 2.05) is 0 Å². The molecule has 0 aliphatic rings. The largest absolute Gasteiger partial charge is 1.00 e. The van der Waals surface area contributed by atoms with Crippen LogP contribution < -0.4 is 34.7 Å². The summed E-state index contributed by atoms with van der Waals surface area (Å²) in [4.78, 5) is 11.4. The van der Waals surface area contributed by atoms with Crippen LogP contribution in [0.5, 0.6) is 0 Å². The minimum Gasteiger partial charge on any atom is -0.878 e. The summed E-state index contributed by atoms with van der Waals surface area (Å²) in [5, 5.41) is 9.89. The second-order valence-corrected chi connectivity index (χ2v) is 3.49. The summed E-state index contributed by atoms with van der Waals surface area (Å²) in [6.07, 6.45) is 1.44. The van der Waals surface area contributed by atoms with E-state index in [9.17, 15) is 9.90 Å². The summed E-state index contributed by atoms with van der Waals surface area (Å²) in [7, 11) is 0. The molecule has 0 unspecified atom stereocenters. The molecular formula is C7H4ClNaO2S. The third-order valence-corrected chi connectivity index (χ3v) is 2.28. The summed E-state index contributed by atoms with van der Waals surface area (Å²) in [6, 6.07) is 3.22. The van der Waals surface area contributed by atoms with Crippen molar-refractivity contribution in [2.45, 2.75) is 0 Å². The summed E-state index contributed by atoms with van der Waals surface area (Å²) in [5.41, 5.74) is 0. The van der Waals surface area contributed by atoms with Crippen LogP contribution in [0.3, 0.4) is 0 Å². The standard InChI is InChI=1S/C7H5ClO2S.Na/c8-7-2-1-6(11-7)5(10)3-4-9;/h1-4,9H;/q;+1/p-1. The molecule has 1 aromatic rings. The number of halogens is 1. The van der Waals surface area contributed by atoms with Crippen LogP contribution in [0.15, 0.2) is 24.5 Å². The molecule has 0 saturated carbocycles. The van der Waals surface area contributed by atoms with E-state index in [0.717, 1.165) is 17.4 Å². The number of thiophene rings is 1. The van der Waals surface area contributed by atoms with Gasteiger partial charge in [-0.2, -0.15) is 0 Å². The van der Waals surface area contributed by atoms with Crippen molar-refractivity contribution in [1.82, 2.24) is 0 Å². The molecule has 0 N–H and O–H groups in total. The van der Waals surface area contributed by atoms with E-state index < -0.39 is 0 Å². The van der Waals surface area contributed by atoms with Crippen molar-refractivity contribution >= 4 is 28.7 Å². The van der Waals surface area contributed by atoms with Gasteiger partial charge < -0.3 is 5.11 Å². The van der Waals surface area contributed by atoms with Gasteiger partial charge in [-0.25, -0.2) is 0 Å². The maximum absolute atomic E-state index is 10.9. The van der Waals surface area contributed by atoms with Gasteiger partial charge in [0.25, 0.3) is 0 Å². The summed E-state index contributed by atoms with van der Waals surface area (Å²) >= 11 is 6.73. The minimum atomic E-state index is -0.295. The Balaban J connectivity index is 0.00000121. The van der Waals surface area contributed by atoms with E-state index in [4.69, 9.17) is 11.6 Å². The Bertz CT molecular complexity index is 295. The zero-order valence-corrected chi connectivity index (χ0v) is 9.98. The van der Waals surface area contributed by atoms with Crippen LogP contribution in [0.4, 0.5) is 0 Å². The van der Waals surface area contributed by atoms with Crippen molar-refractivity contribution in [3.8, 4) is 0 Å². The average molecular weight is 211 g/mol. The molecule has 1 heterocycles. The summed E-state index contributed by atoms with van der Waals surface area (Å²) < 4.78 is 0.549. The maximum Gasteiger partial charge on any atom is 1.00 e. The molecule has 0 saturated heterocycles. The molecule has 0 aromatic carbocycles. The Hall–Kier alpha value is 0.200. The quantitative estimate of drug-likeness (QED) is 0.257. The second kappa shape index (κ2) is 5.78. The Kier molecular flexibility index (Phi) is 5.88.